The van der Waals surface area contributed by atoms with Crippen molar-refractivity contribution in [3.63, 3.8) is 0 Å². The number of fused-ring (bicyclic) bond motifs is 1. The third-order valence-electron chi connectivity index (χ3n) is 4.76. The molecule has 1 aromatic heterocycles. The fraction of sp³-hybridized carbons (Fsp3) is 0.238. The van der Waals surface area contributed by atoms with E-state index in [1.54, 1.807) is 36.3 Å². The van der Waals surface area contributed by atoms with E-state index in [0.717, 1.165) is 10.9 Å². The highest BCUT2D eigenvalue weighted by Gasteiger charge is 2.27. The fourth-order valence-electron chi connectivity index (χ4n) is 3.46. The number of carbonyl (C=O) groups is 1. The third-order valence-corrected chi connectivity index (χ3v) is 4.98. The van der Waals surface area contributed by atoms with Crippen LogP contribution in [0.2, 0.25) is 5.02 Å². The van der Waals surface area contributed by atoms with Crippen molar-refractivity contribution in [1.82, 2.24) is 9.88 Å². The van der Waals surface area contributed by atoms with E-state index in [0.29, 0.717) is 41.4 Å². The molecule has 1 aliphatic rings. The standard InChI is InChI=1S/C21H18ClFN2O2/c1-25-11-13(5-20(25)26)12-27-18-8-15(6-16(22)9-18)19-10-17(23)7-14-3-2-4-24-21(14)19/h2-4,6-10,13H,5,11-12H2,1H3. The largest absolute Gasteiger partial charge is 0.493 e. The van der Waals surface area contributed by atoms with Gasteiger partial charge in [-0.05, 0) is 42.0 Å². The number of rotatable bonds is 4. The summed E-state index contributed by atoms with van der Waals surface area (Å²) < 4.78 is 20.0. The van der Waals surface area contributed by atoms with Gasteiger partial charge in [0.2, 0.25) is 5.91 Å². The molecule has 0 aliphatic carbocycles. The van der Waals surface area contributed by atoms with Gasteiger partial charge in [-0.2, -0.15) is 0 Å². The number of nitrogens with zero attached hydrogens (tertiary/aromatic N) is 2. The summed E-state index contributed by atoms with van der Waals surface area (Å²) in [5.74, 6) is 0.544. The zero-order chi connectivity index (χ0) is 19.0. The molecule has 0 radical (unpaired) electrons. The SMILES string of the molecule is CN1CC(COc2cc(Cl)cc(-c3cc(F)cc4cccnc34)c2)CC1=O. The third kappa shape index (κ3) is 3.74. The number of ether oxygens (including phenoxy) is 1. The van der Waals surface area contributed by atoms with E-state index in [9.17, 15) is 9.18 Å². The van der Waals surface area contributed by atoms with Crippen LogP contribution in [0.3, 0.4) is 0 Å². The lowest BCUT2D eigenvalue weighted by molar-refractivity contribution is -0.126. The zero-order valence-corrected chi connectivity index (χ0v) is 15.5. The first-order chi connectivity index (χ1) is 13.0. The van der Waals surface area contributed by atoms with Crippen molar-refractivity contribution in [3.05, 3.63) is 59.5 Å². The molecule has 2 aromatic carbocycles. The van der Waals surface area contributed by atoms with E-state index in [1.165, 1.54) is 12.1 Å². The Balaban J connectivity index is 1.64. The number of pyridine rings is 1. The first-order valence-corrected chi connectivity index (χ1v) is 9.09. The lowest BCUT2D eigenvalue weighted by Crippen LogP contribution is -2.20. The Kier molecular flexibility index (Phi) is 4.70. The highest BCUT2D eigenvalue weighted by molar-refractivity contribution is 6.31. The summed E-state index contributed by atoms with van der Waals surface area (Å²) >= 11 is 6.28. The van der Waals surface area contributed by atoms with Crippen molar-refractivity contribution in [3.8, 4) is 16.9 Å². The van der Waals surface area contributed by atoms with Crippen LogP contribution in [-0.2, 0) is 4.79 Å². The van der Waals surface area contributed by atoms with Crippen molar-refractivity contribution >= 4 is 28.4 Å². The summed E-state index contributed by atoms with van der Waals surface area (Å²) in [5, 5.41) is 1.22. The fourth-order valence-corrected chi connectivity index (χ4v) is 3.68. The van der Waals surface area contributed by atoms with E-state index in [1.807, 2.05) is 12.1 Å². The molecule has 6 heteroatoms. The molecular weight excluding hydrogens is 367 g/mol. The number of carbonyl (C=O) groups excluding carboxylic acids is 1. The lowest BCUT2D eigenvalue weighted by Gasteiger charge is -2.14. The van der Waals surface area contributed by atoms with Crippen molar-refractivity contribution in [2.45, 2.75) is 6.42 Å². The van der Waals surface area contributed by atoms with Gasteiger partial charge >= 0.3 is 0 Å². The van der Waals surface area contributed by atoms with Gasteiger partial charge in [-0.1, -0.05) is 17.7 Å². The van der Waals surface area contributed by atoms with E-state index >= 15 is 0 Å². The second kappa shape index (κ2) is 7.16. The van der Waals surface area contributed by atoms with E-state index in [2.05, 4.69) is 4.98 Å². The molecule has 1 aliphatic heterocycles. The molecule has 1 amide bonds. The number of halogens is 2. The minimum Gasteiger partial charge on any atom is -0.493 e. The van der Waals surface area contributed by atoms with E-state index in [4.69, 9.17) is 16.3 Å². The number of hydrogen-bond donors (Lipinski definition) is 0. The van der Waals surface area contributed by atoms with Crippen LogP contribution < -0.4 is 4.74 Å². The second-order valence-electron chi connectivity index (χ2n) is 6.86. The monoisotopic (exact) mass is 384 g/mol. The van der Waals surface area contributed by atoms with Gasteiger partial charge in [-0.3, -0.25) is 9.78 Å². The van der Waals surface area contributed by atoms with Crippen LogP contribution >= 0.6 is 11.6 Å². The predicted molar refractivity (Wildman–Crippen MR) is 103 cm³/mol. The molecule has 2 heterocycles. The summed E-state index contributed by atoms with van der Waals surface area (Å²) in [5.41, 5.74) is 2.10. The topological polar surface area (TPSA) is 42.4 Å². The Morgan fingerprint density at radius 3 is 2.93 bits per heavy atom. The van der Waals surface area contributed by atoms with Crippen LogP contribution in [0.5, 0.6) is 5.75 Å². The summed E-state index contributed by atoms with van der Waals surface area (Å²) in [6, 6.07) is 11.8. The van der Waals surface area contributed by atoms with Crippen LogP contribution in [0.1, 0.15) is 6.42 Å². The Hall–Kier alpha value is -2.66. The van der Waals surface area contributed by atoms with Crippen molar-refractivity contribution in [2.75, 3.05) is 20.2 Å². The Morgan fingerprint density at radius 1 is 1.30 bits per heavy atom. The van der Waals surface area contributed by atoms with Crippen LogP contribution in [0.25, 0.3) is 22.0 Å². The van der Waals surface area contributed by atoms with Gasteiger partial charge in [0.05, 0.1) is 12.1 Å². The average molecular weight is 385 g/mol. The number of benzene rings is 2. The van der Waals surface area contributed by atoms with Gasteiger partial charge < -0.3 is 9.64 Å². The van der Waals surface area contributed by atoms with Gasteiger partial charge in [0.25, 0.3) is 0 Å². The first kappa shape index (κ1) is 17.7. The number of hydrogen-bond acceptors (Lipinski definition) is 3. The number of amides is 1. The summed E-state index contributed by atoms with van der Waals surface area (Å²) in [7, 11) is 1.79. The molecule has 27 heavy (non-hydrogen) atoms. The second-order valence-corrected chi connectivity index (χ2v) is 7.30. The minimum absolute atomic E-state index is 0.132. The molecule has 0 spiro atoms. The molecule has 4 nitrogen and oxygen atoms in total. The Labute approximate surface area is 161 Å². The smallest absolute Gasteiger partial charge is 0.222 e. The molecule has 0 N–H and O–H groups in total. The van der Waals surface area contributed by atoms with Gasteiger partial charge in [0.1, 0.15) is 11.6 Å². The summed E-state index contributed by atoms with van der Waals surface area (Å²) in [6.45, 7) is 1.11. The van der Waals surface area contributed by atoms with Crippen LogP contribution in [0, 0.1) is 11.7 Å². The molecule has 3 aromatic rings. The maximum atomic E-state index is 14.1. The van der Waals surface area contributed by atoms with Crippen LogP contribution in [-0.4, -0.2) is 36.0 Å². The lowest BCUT2D eigenvalue weighted by atomic mass is 10.0. The predicted octanol–water partition coefficient (Wildman–Crippen LogP) is 4.55. The zero-order valence-electron chi connectivity index (χ0n) is 14.8. The van der Waals surface area contributed by atoms with Gasteiger partial charge in [0, 0.05) is 48.1 Å². The maximum Gasteiger partial charge on any atom is 0.222 e. The molecule has 0 saturated carbocycles. The molecule has 4 rings (SSSR count). The Bertz CT molecular complexity index is 1020. The van der Waals surface area contributed by atoms with Crippen molar-refractivity contribution in [1.29, 1.82) is 0 Å². The van der Waals surface area contributed by atoms with Gasteiger partial charge in [0.15, 0.2) is 0 Å². The highest BCUT2D eigenvalue weighted by Crippen LogP contribution is 2.33. The normalized spacial score (nSPS) is 16.9. The highest BCUT2D eigenvalue weighted by atomic mass is 35.5. The quantitative estimate of drug-likeness (QED) is 0.662. The Morgan fingerprint density at radius 2 is 2.15 bits per heavy atom. The molecule has 1 fully saturated rings. The van der Waals surface area contributed by atoms with Gasteiger partial charge in [-0.25, -0.2) is 4.39 Å². The molecule has 1 saturated heterocycles. The molecular formula is C21H18ClFN2O2. The van der Waals surface area contributed by atoms with Gasteiger partial charge in [-0.15, -0.1) is 0 Å². The van der Waals surface area contributed by atoms with Crippen molar-refractivity contribution < 1.29 is 13.9 Å². The molecule has 1 atom stereocenters. The average Bonchev–Trinajstić information content (AvgIpc) is 2.96. The summed E-state index contributed by atoms with van der Waals surface area (Å²) in [4.78, 5) is 17.8. The van der Waals surface area contributed by atoms with Crippen LogP contribution in [0.4, 0.5) is 4.39 Å². The number of likely N-dealkylation sites (tertiary alicyclic amines) is 1. The number of aromatic nitrogens is 1. The molecule has 0 bridgehead atoms. The summed E-state index contributed by atoms with van der Waals surface area (Å²) in [6.07, 6.45) is 2.17. The molecule has 1 unspecified atom stereocenters. The van der Waals surface area contributed by atoms with E-state index < -0.39 is 0 Å². The van der Waals surface area contributed by atoms with Crippen LogP contribution in [0.15, 0.2) is 48.7 Å². The first-order valence-electron chi connectivity index (χ1n) is 8.71. The maximum absolute atomic E-state index is 14.1. The van der Waals surface area contributed by atoms with Crippen molar-refractivity contribution in [2.24, 2.45) is 5.92 Å². The van der Waals surface area contributed by atoms with E-state index in [-0.39, 0.29) is 17.6 Å². The molecule has 138 valence electrons. The minimum atomic E-state index is -0.333.